The summed E-state index contributed by atoms with van der Waals surface area (Å²) in [5.74, 6) is -2.06. The van der Waals surface area contributed by atoms with Crippen LogP contribution in [-0.2, 0) is 39.8 Å². The monoisotopic (exact) mass is 943 g/mol. The van der Waals surface area contributed by atoms with Crippen LogP contribution in [0.25, 0.3) is 10.4 Å². The molecule has 20 heteroatoms. The quantitative estimate of drug-likeness (QED) is 0.0176. The maximum atomic E-state index is 14.8. The van der Waals surface area contributed by atoms with Gasteiger partial charge in [0.1, 0.15) is 36.2 Å². The Kier molecular flexibility index (Phi) is 25.6. The van der Waals surface area contributed by atoms with Crippen LogP contribution in [0.2, 0.25) is 0 Å². The molecular weight excluding hydrogens is 869 g/mol. The van der Waals surface area contributed by atoms with Crippen LogP contribution in [0.15, 0.2) is 40.8 Å². The maximum Gasteiger partial charge on any atom is 0.426 e. The molecule has 1 aromatic heterocycles. The van der Waals surface area contributed by atoms with E-state index in [9.17, 15) is 24.0 Å². The van der Waals surface area contributed by atoms with Crippen molar-refractivity contribution in [2.45, 2.75) is 130 Å². The van der Waals surface area contributed by atoms with Gasteiger partial charge in [0.2, 0.25) is 17.7 Å². The highest BCUT2D eigenvalue weighted by molar-refractivity contribution is 7.09. The van der Waals surface area contributed by atoms with Crippen molar-refractivity contribution >= 4 is 41.1 Å². The molecule has 1 aromatic carbocycles. The summed E-state index contributed by atoms with van der Waals surface area (Å²) in [6, 6.07) is 7.67. The van der Waals surface area contributed by atoms with Gasteiger partial charge in [-0.2, -0.15) is 0 Å². The Labute approximate surface area is 394 Å². The number of hydrogen-bond acceptors (Lipinski definition) is 13. The molecule has 2 aromatic rings. The summed E-state index contributed by atoms with van der Waals surface area (Å²) in [5.41, 5.74) is 14.1. The summed E-state index contributed by atoms with van der Waals surface area (Å²) in [7, 11) is 1.96. The number of azide groups is 1. The van der Waals surface area contributed by atoms with Crippen LogP contribution >= 0.6 is 11.3 Å². The van der Waals surface area contributed by atoms with E-state index in [0.717, 1.165) is 37.8 Å². The number of thiazole rings is 1. The number of likely N-dealkylation sites (tertiary alicyclic amines) is 1. The van der Waals surface area contributed by atoms with E-state index in [-0.39, 0.29) is 80.9 Å². The molecule has 0 aliphatic carbocycles. The number of rotatable bonds is 29. The summed E-state index contributed by atoms with van der Waals surface area (Å²) in [5, 5.41) is 11.9. The van der Waals surface area contributed by atoms with Crippen LogP contribution in [-0.4, -0.2) is 129 Å². The van der Waals surface area contributed by atoms with Crippen LogP contribution < -0.4 is 21.5 Å². The fourth-order valence-corrected chi connectivity index (χ4v) is 8.51. The number of carbonyl (C=O) groups is 5. The van der Waals surface area contributed by atoms with E-state index in [0.29, 0.717) is 37.5 Å². The first-order chi connectivity index (χ1) is 31.7. The van der Waals surface area contributed by atoms with Crippen molar-refractivity contribution < 1.29 is 42.9 Å². The molecule has 0 radical (unpaired) electrons. The molecule has 0 spiro atoms. The van der Waals surface area contributed by atoms with E-state index in [2.05, 4.69) is 36.4 Å². The number of hydrogen-bond donors (Lipinski definition) is 4. The number of likely N-dealkylation sites (N-methyl/N-ethyl adjacent to an activating group) is 1. The van der Waals surface area contributed by atoms with Gasteiger partial charge >= 0.3 is 6.09 Å². The Morgan fingerprint density at radius 3 is 2.39 bits per heavy atom. The summed E-state index contributed by atoms with van der Waals surface area (Å²) in [6.07, 6.45) is 3.76. The van der Waals surface area contributed by atoms with E-state index in [1.165, 1.54) is 11.3 Å². The fourth-order valence-electron chi connectivity index (χ4n) is 7.65. The van der Waals surface area contributed by atoms with Gasteiger partial charge in [0.25, 0.3) is 5.91 Å². The second-order valence-electron chi connectivity index (χ2n) is 17.1. The lowest BCUT2D eigenvalue weighted by Crippen LogP contribution is -2.59. The third-order valence-corrected chi connectivity index (χ3v) is 12.6. The lowest BCUT2D eigenvalue weighted by atomic mass is 9.92. The van der Waals surface area contributed by atoms with Gasteiger partial charge in [0, 0.05) is 54.5 Å². The van der Waals surface area contributed by atoms with Gasteiger partial charge in [0.15, 0.2) is 0 Å². The number of nitrogens with zero attached hydrogens (tertiary/aromatic N) is 6. The second kappa shape index (κ2) is 30.4. The molecule has 1 aliphatic heterocycles. The average molecular weight is 943 g/mol. The number of amides is 5. The molecule has 0 unspecified atom stereocenters. The van der Waals surface area contributed by atoms with Gasteiger partial charge in [-0.15, -0.1) is 11.3 Å². The number of benzene rings is 1. The molecular formula is C46H74N10O9S. The Morgan fingerprint density at radius 2 is 1.73 bits per heavy atom. The highest BCUT2D eigenvalue weighted by Gasteiger charge is 2.38. The van der Waals surface area contributed by atoms with Gasteiger partial charge in [-0.3, -0.25) is 29.5 Å². The Morgan fingerprint density at radius 1 is 0.970 bits per heavy atom. The molecule has 368 valence electrons. The van der Waals surface area contributed by atoms with Gasteiger partial charge < -0.3 is 34.5 Å². The number of piperidine rings is 1. The SMILES string of the molecule is CCCO[C@H](C[C@H](C(C)C)N(COCC)C(=O)[C@@H](NC(=O)[C@H]1CCCCN1C)[C@@H](C)CC)c1nc(C(=O)N[C@@H](Cc2ccccc2)C[C@H](C)C(=O)NNC(=O)OCCOCCN=[N+]=[N-])cs1. The number of hydrazine groups is 1. The topological polar surface area (TPSA) is 239 Å². The molecule has 0 saturated carbocycles. The number of ether oxygens (including phenoxy) is 4. The van der Waals surface area contributed by atoms with Gasteiger partial charge in [-0.25, -0.2) is 15.2 Å². The molecule has 19 nitrogen and oxygen atoms in total. The highest BCUT2D eigenvalue weighted by Crippen LogP contribution is 2.32. The van der Waals surface area contributed by atoms with Crippen molar-refractivity contribution in [3.8, 4) is 0 Å². The Balaban J connectivity index is 1.78. The summed E-state index contributed by atoms with van der Waals surface area (Å²) < 4.78 is 22.6. The van der Waals surface area contributed by atoms with Crippen molar-refractivity contribution in [3.63, 3.8) is 0 Å². The fraction of sp³-hybridized carbons (Fsp3) is 0.696. The predicted octanol–water partition coefficient (Wildman–Crippen LogP) is 6.31. The van der Waals surface area contributed by atoms with E-state index in [1.807, 2.05) is 78.9 Å². The molecule has 3 rings (SSSR count). The zero-order valence-electron chi connectivity index (χ0n) is 40.2. The van der Waals surface area contributed by atoms with E-state index in [1.54, 1.807) is 17.2 Å². The Hall–Kier alpha value is -4.85. The maximum absolute atomic E-state index is 14.8. The smallest absolute Gasteiger partial charge is 0.426 e. The summed E-state index contributed by atoms with van der Waals surface area (Å²) >= 11 is 1.30. The van der Waals surface area contributed by atoms with Crippen LogP contribution in [0.3, 0.4) is 0 Å². The summed E-state index contributed by atoms with van der Waals surface area (Å²) in [4.78, 5) is 79.0. The minimum absolute atomic E-state index is 0.0351. The highest BCUT2D eigenvalue weighted by atomic mass is 32.1. The number of carbonyl (C=O) groups excluding carboxylic acids is 5. The molecule has 1 saturated heterocycles. The molecule has 1 fully saturated rings. The predicted molar refractivity (Wildman–Crippen MR) is 252 cm³/mol. The van der Waals surface area contributed by atoms with Crippen LogP contribution in [0.4, 0.5) is 4.79 Å². The van der Waals surface area contributed by atoms with Crippen molar-refractivity contribution in [2.75, 3.05) is 59.9 Å². The van der Waals surface area contributed by atoms with Crippen molar-refractivity contribution in [2.24, 2.45) is 22.9 Å². The normalized spacial score (nSPS) is 16.7. The third-order valence-electron chi connectivity index (χ3n) is 11.6. The average Bonchev–Trinajstić information content (AvgIpc) is 3.81. The van der Waals surface area contributed by atoms with Crippen molar-refractivity contribution in [3.05, 3.63) is 62.4 Å². The molecule has 7 atom stereocenters. The van der Waals surface area contributed by atoms with Crippen LogP contribution in [0, 0.1) is 17.8 Å². The first-order valence-corrected chi connectivity index (χ1v) is 24.2. The lowest BCUT2D eigenvalue weighted by molar-refractivity contribution is -0.149. The van der Waals surface area contributed by atoms with E-state index in [4.69, 9.17) is 29.5 Å². The largest absolute Gasteiger partial charge is 0.446 e. The molecule has 2 heterocycles. The minimum Gasteiger partial charge on any atom is -0.446 e. The number of aromatic nitrogens is 1. The van der Waals surface area contributed by atoms with E-state index >= 15 is 0 Å². The van der Waals surface area contributed by atoms with Crippen LogP contribution in [0.5, 0.6) is 0 Å². The van der Waals surface area contributed by atoms with E-state index < -0.39 is 42.0 Å². The summed E-state index contributed by atoms with van der Waals surface area (Å²) in [6.45, 7) is 15.7. The van der Waals surface area contributed by atoms with Gasteiger partial charge in [0.05, 0.1) is 19.3 Å². The van der Waals surface area contributed by atoms with Gasteiger partial charge in [-0.05, 0) is 75.6 Å². The first kappa shape index (κ1) is 55.5. The van der Waals surface area contributed by atoms with Crippen molar-refractivity contribution in [1.29, 1.82) is 0 Å². The third kappa shape index (κ3) is 18.8. The minimum atomic E-state index is -0.876. The zero-order valence-corrected chi connectivity index (χ0v) is 41.0. The molecule has 5 amide bonds. The molecule has 66 heavy (non-hydrogen) atoms. The van der Waals surface area contributed by atoms with Crippen molar-refractivity contribution in [1.82, 2.24) is 36.3 Å². The number of nitrogens with one attached hydrogen (secondary N) is 4. The van der Waals surface area contributed by atoms with Crippen LogP contribution in [0.1, 0.15) is 121 Å². The first-order valence-electron chi connectivity index (χ1n) is 23.4. The zero-order chi connectivity index (χ0) is 48.4. The van der Waals surface area contributed by atoms with Gasteiger partial charge in [-0.1, -0.05) is 89.8 Å². The lowest BCUT2D eigenvalue weighted by Gasteiger charge is -2.40. The molecule has 1 aliphatic rings. The Bertz CT molecular complexity index is 1830. The molecule has 4 N–H and O–H groups in total. The standard InChI is InChI=1S/C46H74N10O9S/c1-9-22-64-39(28-38(31(4)5)56(30-62-11-3)45(60)40(32(6)10-2)51-43(59)37-19-15-16-21-55(37)8)44-50-36(29-66-44)42(58)49-35(27-34-17-13-12-14-18-34)26-33(7)41(57)52-53-46(61)65-25-24-63-23-20-48-54-47/h12-14,17-18,29,31-33,35,37-40H,9-11,15-16,19-28,30H2,1-8H3,(H,49,58)(H,51,59)(H,52,57)(H,53,61)/t32-,33-,35+,37+,38+,39+,40-/m0/s1. The second-order valence-corrected chi connectivity index (χ2v) is 18.0. The molecule has 0 bridgehead atoms.